The third-order valence-corrected chi connectivity index (χ3v) is 6.99. The molecule has 0 radical (unpaired) electrons. The third-order valence-electron chi connectivity index (χ3n) is 5.88. The fourth-order valence-corrected chi connectivity index (χ4v) is 4.99. The summed E-state index contributed by atoms with van der Waals surface area (Å²) in [4.78, 5) is 40.3. The van der Waals surface area contributed by atoms with E-state index in [1.54, 1.807) is 76.6 Å². The lowest BCUT2D eigenvalue weighted by molar-refractivity contribution is -0.120. The van der Waals surface area contributed by atoms with Gasteiger partial charge in [0.1, 0.15) is 0 Å². The Labute approximate surface area is 216 Å². The van der Waals surface area contributed by atoms with Gasteiger partial charge in [-0.1, -0.05) is 54.1 Å². The van der Waals surface area contributed by atoms with Gasteiger partial charge in [-0.05, 0) is 59.0 Å². The molecule has 0 aliphatic carbocycles. The first-order valence-electron chi connectivity index (χ1n) is 11.4. The topological polar surface area (TPSA) is 73.1 Å². The molecule has 36 heavy (non-hydrogen) atoms. The largest absolute Gasteiger partial charge is 0.351 e. The van der Waals surface area contributed by atoms with E-state index in [-0.39, 0.29) is 24.4 Å². The van der Waals surface area contributed by atoms with Crippen molar-refractivity contribution >= 4 is 39.7 Å². The molecule has 2 heterocycles. The Morgan fingerprint density at radius 2 is 1.69 bits per heavy atom. The molecule has 3 aromatic carbocycles. The van der Waals surface area contributed by atoms with Crippen molar-refractivity contribution in [1.82, 2.24) is 14.5 Å². The van der Waals surface area contributed by atoms with Gasteiger partial charge in [0, 0.05) is 9.90 Å². The SMILES string of the molecule is O=C(Cc1ccc(-n2c(=O)c3ccccc3n(Cc3cccc(Cl)c3)c2=O)cc1)NCc1cccs1. The van der Waals surface area contributed by atoms with E-state index >= 15 is 0 Å². The van der Waals surface area contributed by atoms with Gasteiger partial charge in [0.15, 0.2) is 0 Å². The molecule has 0 atom stereocenters. The van der Waals surface area contributed by atoms with E-state index in [0.717, 1.165) is 16.0 Å². The highest BCUT2D eigenvalue weighted by Gasteiger charge is 2.15. The number of carbonyl (C=O) groups excluding carboxylic acids is 1. The van der Waals surface area contributed by atoms with E-state index in [1.807, 2.05) is 29.6 Å². The average molecular weight is 516 g/mol. The number of fused-ring (bicyclic) bond motifs is 1. The average Bonchev–Trinajstić information content (AvgIpc) is 3.40. The Morgan fingerprint density at radius 3 is 2.44 bits per heavy atom. The maximum Gasteiger partial charge on any atom is 0.336 e. The lowest BCUT2D eigenvalue weighted by atomic mass is 10.1. The summed E-state index contributed by atoms with van der Waals surface area (Å²) in [6, 6.07) is 25.2. The molecule has 0 aliphatic rings. The van der Waals surface area contributed by atoms with Crippen LogP contribution in [0.3, 0.4) is 0 Å². The van der Waals surface area contributed by atoms with Crippen molar-refractivity contribution in [3.05, 3.63) is 132 Å². The van der Waals surface area contributed by atoms with Gasteiger partial charge in [0.25, 0.3) is 5.56 Å². The standard InChI is InChI=1S/C28H22ClN3O3S/c29-21-6-3-5-20(15-21)18-31-25-9-2-1-8-24(25)27(34)32(28(31)35)22-12-10-19(11-13-22)16-26(33)30-17-23-7-4-14-36-23/h1-15H,16-18H2,(H,30,33). The van der Waals surface area contributed by atoms with Crippen LogP contribution in [0, 0.1) is 0 Å². The number of hydrogen-bond acceptors (Lipinski definition) is 4. The molecule has 5 rings (SSSR count). The second kappa shape index (κ2) is 10.4. The predicted octanol–water partition coefficient (Wildman–Crippen LogP) is 4.77. The van der Waals surface area contributed by atoms with Crippen molar-refractivity contribution in [3.8, 4) is 5.69 Å². The summed E-state index contributed by atoms with van der Waals surface area (Å²) in [6.45, 7) is 0.760. The van der Waals surface area contributed by atoms with Crippen LogP contribution < -0.4 is 16.6 Å². The zero-order chi connectivity index (χ0) is 25.1. The quantitative estimate of drug-likeness (QED) is 0.339. The number of thiophene rings is 1. The van der Waals surface area contributed by atoms with Gasteiger partial charge < -0.3 is 5.32 Å². The summed E-state index contributed by atoms with van der Waals surface area (Å²) in [5.74, 6) is -0.0945. The summed E-state index contributed by atoms with van der Waals surface area (Å²) < 4.78 is 2.75. The number of benzene rings is 3. The van der Waals surface area contributed by atoms with Crippen LogP contribution in [-0.2, 0) is 24.3 Å². The van der Waals surface area contributed by atoms with Crippen molar-refractivity contribution in [2.45, 2.75) is 19.5 Å². The Hall–Kier alpha value is -3.94. The molecular weight excluding hydrogens is 494 g/mol. The third kappa shape index (κ3) is 5.03. The Morgan fingerprint density at radius 1 is 0.889 bits per heavy atom. The van der Waals surface area contributed by atoms with Crippen molar-refractivity contribution in [1.29, 1.82) is 0 Å². The van der Waals surface area contributed by atoms with Crippen molar-refractivity contribution in [3.63, 3.8) is 0 Å². The first kappa shape index (κ1) is 23.8. The molecule has 5 aromatic rings. The van der Waals surface area contributed by atoms with Crippen LogP contribution in [0.2, 0.25) is 5.02 Å². The summed E-state index contributed by atoms with van der Waals surface area (Å²) in [7, 11) is 0. The molecule has 2 aromatic heterocycles. The molecular formula is C28H22ClN3O3S. The zero-order valence-corrected chi connectivity index (χ0v) is 20.8. The lowest BCUT2D eigenvalue weighted by Gasteiger charge is -2.15. The smallest absolute Gasteiger partial charge is 0.336 e. The van der Waals surface area contributed by atoms with E-state index in [4.69, 9.17) is 11.6 Å². The monoisotopic (exact) mass is 515 g/mol. The number of para-hydroxylation sites is 1. The van der Waals surface area contributed by atoms with Crippen molar-refractivity contribution in [2.24, 2.45) is 0 Å². The molecule has 0 bridgehead atoms. The van der Waals surface area contributed by atoms with Crippen molar-refractivity contribution in [2.75, 3.05) is 0 Å². The molecule has 0 fully saturated rings. The zero-order valence-electron chi connectivity index (χ0n) is 19.2. The van der Waals surface area contributed by atoms with Gasteiger partial charge in [-0.15, -0.1) is 11.3 Å². The molecule has 180 valence electrons. The molecule has 1 amide bonds. The Bertz CT molecular complexity index is 1650. The predicted molar refractivity (Wildman–Crippen MR) is 144 cm³/mol. The fourth-order valence-electron chi connectivity index (χ4n) is 4.13. The van der Waals surface area contributed by atoms with Crippen LogP contribution in [-0.4, -0.2) is 15.0 Å². The van der Waals surface area contributed by atoms with Gasteiger partial charge >= 0.3 is 5.69 Å². The van der Waals surface area contributed by atoms with E-state index in [9.17, 15) is 14.4 Å². The molecule has 0 saturated heterocycles. The van der Waals surface area contributed by atoms with Crippen LogP contribution in [0.25, 0.3) is 16.6 Å². The van der Waals surface area contributed by atoms with Gasteiger partial charge in [0.2, 0.25) is 5.91 Å². The van der Waals surface area contributed by atoms with Crippen LogP contribution in [0.1, 0.15) is 16.0 Å². The summed E-state index contributed by atoms with van der Waals surface area (Å²) >= 11 is 7.74. The number of aromatic nitrogens is 2. The summed E-state index contributed by atoms with van der Waals surface area (Å²) in [5, 5.41) is 5.89. The van der Waals surface area contributed by atoms with Gasteiger partial charge in [-0.3, -0.25) is 14.2 Å². The number of carbonyl (C=O) groups is 1. The summed E-state index contributed by atoms with van der Waals surface area (Å²) in [6.07, 6.45) is 0.206. The number of nitrogens with one attached hydrogen (secondary N) is 1. The van der Waals surface area contributed by atoms with Crippen LogP contribution in [0.15, 0.2) is 99.9 Å². The highest BCUT2D eigenvalue weighted by molar-refractivity contribution is 7.09. The second-order valence-corrected chi connectivity index (χ2v) is 9.82. The maximum atomic E-state index is 13.6. The van der Waals surface area contributed by atoms with E-state index in [2.05, 4.69) is 5.32 Å². The Balaban J connectivity index is 1.46. The minimum atomic E-state index is -0.444. The van der Waals surface area contributed by atoms with Gasteiger partial charge in [0.05, 0.1) is 36.1 Å². The minimum absolute atomic E-state index is 0.0945. The minimum Gasteiger partial charge on any atom is -0.351 e. The van der Waals surface area contributed by atoms with E-state index in [1.165, 1.54) is 4.57 Å². The normalized spacial score (nSPS) is 11.0. The first-order chi connectivity index (χ1) is 17.5. The first-order valence-corrected chi connectivity index (χ1v) is 12.6. The number of hydrogen-bond donors (Lipinski definition) is 1. The molecule has 0 saturated carbocycles. The molecule has 1 N–H and O–H groups in total. The van der Waals surface area contributed by atoms with Gasteiger partial charge in [-0.2, -0.15) is 0 Å². The van der Waals surface area contributed by atoms with Crippen molar-refractivity contribution < 1.29 is 4.79 Å². The molecule has 0 unspecified atom stereocenters. The summed E-state index contributed by atoms with van der Waals surface area (Å²) in [5.41, 5.74) is 1.81. The number of halogens is 1. The molecule has 8 heteroatoms. The van der Waals surface area contributed by atoms with Crippen LogP contribution in [0.4, 0.5) is 0 Å². The van der Waals surface area contributed by atoms with Gasteiger partial charge in [-0.25, -0.2) is 9.36 Å². The second-order valence-electron chi connectivity index (χ2n) is 8.36. The fraction of sp³-hybridized carbons (Fsp3) is 0.107. The molecule has 0 spiro atoms. The number of nitrogens with zero attached hydrogens (tertiary/aromatic N) is 2. The highest BCUT2D eigenvalue weighted by atomic mass is 35.5. The number of amides is 1. The molecule has 0 aliphatic heterocycles. The Kier molecular flexibility index (Phi) is 6.84. The highest BCUT2D eigenvalue weighted by Crippen LogP contribution is 2.16. The van der Waals surface area contributed by atoms with E-state index in [0.29, 0.717) is 28.2 Å². The number of rotatable bonds is 7. The van der Waals surface area contributed by atoms with Crippen LogP contribution >= 0.6 is 22.9 Å². The maximum absolute atomic E-state index is 13.6. The molecule has 6 nitrogen and oxygen atoms in total. The lowest BCUT2D eigenvalue weighted by Crippen LogP contribution is -2.39. The van der Waals surface area contributed by atoms with E-state index < -0.39 is 5.69 Å². The van der Waals surface area contributed by atoms with Crippen LogP contribution in [0.5, 0.6) is 0 Å².